The Labute approximate surface area is 148 Å². The Morgan fingerprint density at radius 2 is 1.00 bits per heavy atom. The van der Waals surface area contributed by atoms with Gasteiger partial charge in [-0.3, -0.25) is 4.79 Å². The lowest BCUT2D eigenvalue weighted by Crippen LogP contribution is -2.27. The average molecular weight is 338 g/mol. The fourth-order valence-corrected chi connectivity index (χ4v) is 2.92. The van der Waals surface area contributed by atoms with Crippen molar-refractivity contribution in [3.05, 3.63) is 12.2 Å². The minimum atomic E-state index is -1.44. The summed E-state index contributed by atoms with van der Waals surface area (Å²) in [4.78, 5) is 21.9. The molecule has 0 saturated carbocycles. The number of unbranched alkanes of at least 4 members (excludes halogenated alkanes) is 14. The first-order chi connectivity index (χ1) is 11.6. The number of carbonyl (C=O) groups excluding carboxylic acids is 2. The largest absolute Gasteiger partial charge is 0.545 e. The zero-order chi connectivity index (χ0) is 18.0. The van der Waals surface area contributed by atoms with Gasteiger partial charge in [-0.15, -0.1) is 0 Å². The van der Waals surface area contributed by atoms with Crippen molar-refractivity contribution in [2.75, 3.05) is 0 Å². The molecule has 0 aromatic heterocycles. The normalized spacial score (nSPS) is 10.7. The summed E-state index contributed by atoms with van der Waals surface area (Å²) in [6.07, 6.45) is 19.4. The maximum atomic E-state index is 11.4. The van der Waals surface area contributed by atoms with E-state index in [2.05, 4.69) is 13.5 Å². The molecule has 3 heteroatoms. The molecule has 24 heavy (non-hydrogen) atoms. The van der Waals surface area contributed by atoms with Crippen LogP contribution in [0.25, 0.3) is 0 Å². The Morgan fingerprint density at radius 1 is 0.667 bits per heavy atom. The van der Waals surface area contributed by atoms with Gasteiger partial charge in [0.15, 0.2) is 5.78 Å². The van der Waals surface area contributed by atoms with E-state index in [4.69, 9.17) is 0 Å². The lowest BCUT2D eigenvalue weighted by Gasteiger charge is -2.05. The number of hydrogen-bond acceptors (Lipinski definition) is 3. The molecule has 0 unspecified atom stereocenters. The summed E-state index contributed by atoms with van der Waals surface area (Å²) < 4.78 is 0. The van der Waals surface area contributed by atoms with Crippen LogP contribution in [0.1, 0.15) is 110 Å². The molecule has 0 atom stereocenters. The zero-order valence-corrected chi connectivity index (χ0v) is 15.7. The van der Waals surface area contributed by atoms with E-state index < -0.39 is 5.97 Å². The van der Waals surface area contributed by atoms with Crippen molar-refractivity contribution in [2.45, 2.75) is 110 Å². The molecule has 0 amide bonds. The van der Waals surface area contributed by atoms with Crippen LogP contribution < -0.4 is 5.11 Å². The Kier molecular flexibility index (Phi) is 15.9. The lowest BCUT2D eigenvalue weighted by atomic mass is 10.0. The summed E-state index contributed by atoms with van der Waals surface area (Å²) in [5.41, 5.74) is -0.389. The fraction of sp³-hybridized carbons (Fsp3) is 0.810. The molecular weight excluding hydrogens is 300 g/mol. The van der Waals surface area contributed by atoms with Crippen molar-refractivity contribution >= 4 is 11.8 Å². The molecule has 0 heterocycles. The highest BCUT2D eigenvalue weighted by atomic mass is 16.4. The van der Waals surface area contributed by atoms with Gasteiger partial charge in [0.1, 0.15) is 0 Å². The standard InChI is InChI=1S/C21H38O3/c1-3-4-5-6-7-8-9-10-11-12-13-14-15-16-17-18-20(22)19(2)21(23)24/h2-18H2,1H3,(H,23,24)/p-1. The maximum absolute atomic E-state index is 11.4. The van der Waals surface area contributed by atoms with Gasteiger partial charge in [0.05, 0.1) is 5.97 Å². The third kappa shape index (κ3) is 14.5. The van der Waals surface area contributed by atoms with E-state index in [1.807, 2.05) is 0 Å². The van der Waals surface area contributed by atoms with Crippen molar-refractivity contribution in [3.63, 3.8) is 0 Å². The van der Waals surface area contributed by atoms with Crippen LogP contribution >= 0.6 is 0 Å². The molecular formula is C21H37O3-. The first kappa shape index (κ1) is 22.9. The topological polar surface area (TPSA) is 57.2 Å². The molecule has 0 spiro atoms. The van der Waals surface area contributed by atoms with E-state index in [1.54, 1.807) is 0 Å². The van der Waals surface area contributed by atoms with Crippen molar-refractivity contribution in [1.29, 1.82) is 0 Å². The summed E-state index contributed by atoms with van der Waals surface area (Å²) in [6, 6.07) is 0. The van der Waals surface area contributed by atoms with Crippen LogP contribution in [0, 0.1) is 0 Å². The predicted molar refractivity (Wildman–Crippen MR) is 98.7 cm³/mol. The molecule has 0 aliphatic rings. The number of Topliss-reactive ketones (excluding diaryl/α,β-unsaturated/α-hetero) is 1. The minimum Gasteiger partial charge on any atom is -0.545 e. The van der Waals surface area contributed by atoms with E-state index in [0.29, 0.717) is 0 Å². The van der Waals surface area contributed by atoms with Crippen molar-refractivity contribution in [3.8, 4) is 0 Å². The lowest BCUT2D eigenvalue weighted by molar-refractivity contribution is -0.298. The monoisotopic (exact) mass is 337 g/mol. The van der Waals surface area contributed by atoms with Crippen LogP contribution in [-0.4, -0.2) is 11.8 Å². The van der Waals surface area contributed by atoms with Crippen LogP contribution in [-0.2, 0) is 9.59 Å². The van der Waals surface area contributed by atoms with E-state index in [-0.39, 0.29) is 17.8 Å². The SMILES string of the molecule is C=C(C(=O)[O-])C(=O)CCCCCCCCCCCCCCCCC. The molecule has 0 fully saturated rings. The predicted octanol–water partition coefficient (Wildman–Crippen LogP) is 5.12. The second-order valence-electron chi connectivity index (χ2n) is 6.89. The van der Waals surface area contributed by atoms with Gasteiger partial charge in [-0.1, -0.05) is 103 Å². The van der Waals surface area contributed by atoms with Crippen LogP contribution in [0.15, 0.2) is 12.2 Å². The van der Waals surface area contributed by atoms with E-state index >= 15 is 0 Å². The van der Waals surface area contributed by atoms with Crippen LogP contribution in [0.2, 0.25) is 0 Å². The van der Waals surface area contributed by atoms with E-state index in [9.17, 15) is 14.7 Å². The quantitative estimate of drug-likeness (QED) is 0.151. The number of carboxylic acids is 1. The minimum absolute atomic E-state index is 0.283. The fourth-order valence-electron chi connectivity index (χ4n) is 2.92. The van der Waals surface area contributed by atoms with Gasteiger partial charge >= 0.3 is 0 Å². The van der Waals surface area contributed by atoms with Crippen LogP contribution in [0.4, 0.5) is 0 Å². The third-order valence-electron chi connectivity index (χ3n) is 4.59. The van der Waals surface area contributed by atoms with E-state index in [1.165, 1.54) is 77.0 Å². The number of aliphatic carboxylic acids is 1. The molecule has 0 rings (SSSR count). The molecule has 3 nitrogen and oxygen atoms in total. The van der Waals surface area contributed by atoms with Gasteiger partial charge in [-0.05, 0) is 6.42 Å². The Morgan fingerprint density at radius 3 is 1.33 bits per heavy atom. The van der Waals surface area contributed by atoms with Gasteiger partial charge in [0.25, 0.3) is 0 Å². The Bertz CT molecular complexity index is 347. The summed E-state index contributed by atoms with van der Waals surface area (Å²) in [5, 5.41) is 10.5. The third-order valence-corrected chi connectivity index (χ3v) is 4.59. The van der Waals surface area contributed by atoms with Crippen molar-refractivity contribution < 1.29 is 14.7 Å². The Hall–Kier alpha value is -1.12. The first-order valence-corrected chi connectivity index (χ1v) is 10.0. The van der Waals surface area contributed by atoms with Gasteiger partial charge in [-0.25, -0.2) is 0 Å². The highest BCUT2D eigenvalue weighted by molar-refractivity contribution is 6.15. The maximum Gasteiger partial charge on any atom is 0.164 e. The molecule has 140 valence electrons. The molecule has 0 aliphatic heterocycles. The number of hydrogen-bond donors (Lipinski definition) is 0. The van der Waals surface area contributed by atoms with Gasteiger partial charge in [0.2, 0.25) is 0 Å². The number of rotatable bonds is 18. The zero-order valence-electron chi connectivity index (χ0n) is 15.7. The Balaban J connectivity index is 3.19. The van der Waals surface area contributed by atoms with E-state index in [0.717, 1.165) is 19.3 Å². The number of ketones is 1. The molecule has 0 aromatic rings. The van der Waals surface area contributed by atoms with Crippen LogP contribution in [0.5, 0.6) is 0 Å². The second kappa shape index (κ2) is 16.7. The highest BCUT2D eigenvalue weighted by Gasteiger charge is 2.07. The molecule has 0 N–H and O–H groups in total. The number of carboxylic acid groups (broad SMARTS) is 1. The molecule has 0 aliphatic carbocycles. The second-order valence-corrected chi connectivity index (χ2v) is 6.89. The highest BCUT2D eigenvalue weighted by Crippen LogP contribution is 2.14. The average Bonchev–Trinajstić information content (AvgIpc) is 2.57. The van der Waals surface area contributed by atoms with Gasteiger partial charge in [-0.2, -0.15) is 0 Å². The van der Waals surface area contributed by atoms with Crippen molar-refractivity contribution in [2.24, 2.45) is 0 Å². The first-order valence-electron chi connectivity index (χ1n) is 10.0. The van der Waals surface area contributed by atoms with Crippen molar-refractivity contribution in [1.82, 2.24) is 0 Å². The smallest absolute Gasteiger partial charge is 0.164 e. The molecule has 0 aromatic carbocycles. The van der Waals surface area contributed by atoms with Crippen LogP contribution in [0.3, 0.4) is 0 Å². The summed E-state index contributed by atoms with van der Waals surface area (Å²) in [5.74, 6) is -1.83. The molecule has 0 radical (unpaired) electrons. The summed E-state index contributed by atoms with van der Waals surface area (Å²) >= 11 is 0. The molecule has 0 bridgehead atoms. The molecule has 0 saturated heterocycles. The van der Waals surface area contributed by atoms with Gasteiger partial charge in [0, 0.05) is 12.0 Å². The summed E-state index contributed by atoms with van der Waals surface area (Å²) in [7, 11) is 0. The summed E-state index contributed by atoms with van der Waals surface area (Å²) in [6.45, 7) is 5.49. The van der Waals surface area contributed by atoms with Gasteiger partial charge < -0.3 is 9.90 Å². The number of carbonyl (C=O) groups is 2.